The van der Waals surface area contributed by atoms with Gasteiger partial charge < -0.3 is 4.90 Å². The molecule has 0 saturated carbocycles. The molecule has 0 spiro atoms. The van der Waals surface area contributed by atoms with Crippen LogP contribution in [0.25, 0.3) is 10.6 Å². The van der Waals surface area contributed by atoms with Gasteiger partial charge in [-0.1, -0.05) is 6.07 Å². The van der Waals surface area contributed by atoms with Gasteiger partial charge in [0.1, 0.15) is 5.69 Å². The fourth-order valence-electron chi connectivity index (χ4n) is 3.25. The number of aromatic nitrogens is 3. The van der Waals surface area contributed by atoms with Gasteiger partial charge in [-0.3, -0.25) is 14.6 Å². The van der Waals surface area contributed by atoms with Gasteiger partial charge in [-0.25, -0.2) is 4.68 Å². The molecule has 132 valence electrons. The predicted octanol–water partition coefficient (Wildman–Crippen LogP) is 2.84. The summed E-state index contributed by atoms with van der Waals surface area (Å²) in [6.45, 7) is 1.16. The van der Waals surface area contributed by atoms with Crippen molar-refractivity contribution in [2.75, 3.05) is 13.1 Å². The zero-order chi connectivity index (χ0) is 17.9. The van der Waals surface area contributed by atoms with E-state index in [0.717, 1.165) is 23.4 Å². The van der Waals surface area contributed by atoms with Crippen LogP contribution in [-0.4, -0.2) is 38.7 Å². The Morgan fingerprint density at radius 2 is 2.12 bits per heavy atom. The maximum Gasteiger partial charge on any atom is 0.267 e. The standard InChI is InChI=1S/C19H18N4O2S/c24-18-8-7-16(17-6-3-11-26-17)21-23(18)15-5-2-10-22(13-15)19(25)14-4-1-9-20-12-14/h1,3-4,6-9,11-12,15H,2,5,10,13H2. The number of hydrogen-bond donors (Lipinski definition) is 0. The summed E-state index contributed by atoms with van der Waals surface area (Å²) in [6.07, 6.45) is 4.90. The van der Waals surface area contributed by atoms with E-state index in [1.165, 1.54) is 4.68 Å². The largest absolute Gasteiger partial charge is 0.336 e. The van der Waals surface area contributed by atoms with Crippen molar-refractivity contribution in [1.29, 1.82) is 0 Å². The number of carbonyl (C=O) groups excluding carboxylic acids is 1. The van der Waals surface area contributed by atoms with E-state index in [-0.39, 0.29) is 17.5 Å². The first kappa shape index (κ1) is 16.7. The Hall–Kier alpha value is -2.80. The second kappa shape index (κ2) is 7.21. The average molecular weight is 366 g/mol. The Labute approximate surface area is 154 Å². The van der Waals surface area contributed by atoms with E-state index in [4.69, 9.17) is 0 Å². The SMILES string of the molecule is O=C(c1cccnc1)N1CCCC(n2nc(-c3cccs3)ccc2=O)C1. The molecular formula is C19H18N4O2S. The van der Waals surface area contributed by atoms with E-state index < -0.39 is 0 Å². The minimum Gasteiger partial charge on any atom is -0.336 e. The summed E-state index contributed by atoms with van der Waals surface area (Å²) >= 11 is 1.59. The van der Waals surface area contributed by atoms with Crippen LogP contribution in [0.1, 0.15) is 29.2 Å². The molecule has 4 rings (SSSR count). The molecule has 0 radical (unpaired) electrons. The second-order valence-corrected chi connectivity index (χ2v) is 7.22. The van der Waals surface area contributed by atoms with Crippen molar-refractivity contribution < 1.29 is 4.79 Å². The Bertz CT molecular complexity index is 953. The lowest BCUT2D eigenvalue weighted by Crippen LogP contribution is -2.43. The molecule has 3 aromatic heterocycles. The maximum absolute atomic E-state index is 12.7. The molecular weight excluding hydrogens is 348 g/mol. The van der Waals surface area contributed by atoms with Gasteiger partial charge in [0, 0.05) is 31.5 Å². The first-order valence-electron chi connectivity index (χ1n) is 8.55. The smallest absolute Gasteiger partial charge is 0.267 e. The van der Waals surface area contributed by atoms with Gasteiger partial charge >= 0.3 is 0 Å². The summed E-state index contributed by atoms with van der Waals surface area (Å²) in [7, 11) is 0. The summed E-state index contributed by atoms with van der Waals surface area (Å²) in [5, 5.41) is 6.56. The minimum atomic E-state index is -0.133. The molecule has 1 aliphatic rings. The van der Waals surface area contributed by atoms with Crippen LogP contribution >= 0.6 is 11.3 Å². The van der Waals surface area contributed by atoms with Crippen molar-refractivity contribution in [3.8, 4) is 10.6 Å². The molecule has 0 N–H and O–H groups in total. The molecule has 6 nitrogen and oxygen atoms in total. The van der Waals surface area contributed by atoms with E-state index >= 15 is 0 Å². The van der Waals surface area contributed by atoms with Gasteiger partial charge in [0.05, 0.1) is 16.5 Å². The second-order valence-electron chi connectivity index (χ2n) is 6.27. The van der Waals surface area contributed by atoms with E-state index in [2.05, 4.69) is 10.1 Å². The number of likely N-dealkylation sites (tertiary alicyclic amines) is 1. The third-order valence-electron chi connectivity index (χ3n) is 4.54. The zero-order valence-corrected chi connectivity index (χ0v) is 14.9. The first-order valence-corrected chi connectivity index (χ1v) is 9.43. The average Bonchev–Trinajstić information content (AvgIpc) is 3.23. The van der Waals surface area contributed by atoms with Crippen LogP contribution in [0.15, 0.2) is 59.0 Å². The van der Waals surface area contributed by atoms with Crippen molar-refractivity contribution in [2.45, 2.75) is 18.9 Å². The molecule has 3 aromatic rings. The van der Waals surface area contributed by atoms with E-state index in [1.54, 1.807) is 52.9 Å². The normalized spacial score (nSPS) is 17.2. The van der Waals surface area contributed by atoms with Crippen molar-refractivity contribution in [1.82, 2.24) is 19.7 Å². The highest BCUT2D eigenvalue weighted by Gasteiger charge is 2.27. The summed E-state index contributed by atoms with van der Waals surface area (Å²) in [4.78, 5) is 31.9. The van der Waals surface area contributed by atoms with Crippen LogP contribution in [0, 0.1) is 0 Å². The molecule has 1 atom stereocenters. The number of piperidine rings is 1. The fraction of sp³-hybridized carbons (Fsp3) is 0.263. The number of rotatable bonds is 3. The number of carbonyl (C=O) groups is 1. The predicted molar refractivity (Wildman–Crippen MR) is 100 cm³/mol. The Kier molecular flexibility index (Phi) is 4.62. The van der Waals surface area contributed by atoms with Crippen LogP contribution < -0.4 is 5.56 Å². The molecule has 1 fully saturated rings. The summed E-state index contributed by atoms with van der Waals surface area (Å²) in [5.74, 6) is -0.0507. The number of amides is 1. The molecule has 1 saturated heterocycles. The minimum absolute atomic E-state index is 0.0507. The third kappa shape index (κ3) is 3.30. The van der Waals surface area contributed by atoms with Gasteiger partial charge in [-0.2, -0.15) is 5.10 Å². The molecule has 1 aliphatic heterocycles. The maximum atomic E-state index is 12.7. The van der Waals surface area contributed by atoms with Gasteiger partial charge in [0.2, 0.25) is 0 Å². The van der Waals surface area contributed by atoms with Crippen LogP contribution in [0.5, 0.6) is 0 Å². The third-order valence-corrected chi connectivity index (χ3v) is 5.43. The van der Waals surface area contributed by atoms with Gasteiger partial charge in [0.15, 0.2) is 0 Å². The van der Waals surface area contributed by atoms with Crippen molar-refractivity contribution in [2.24, 2.45) is 0 Å². The topological polar surface area (TPSA) is 68.1 Å². The van der Waals surface area contributed by atoms with Gasteiger partial charge in [-0.15, -0.1) is 11.3 Å². The number of nitrogens with zero attached hydrogens (tertiary/aromatic N) is 4. The molecule has 26 heavy (non-hydrogen) atoms. The summed E-state index contributed by atoms with van der Waals surface area (Å²) in [6, 6.07) is 10.7. The quantitative estimate of drug-likeness (QED) is 0.715. The number of thiophene rings is 1. The highest BCUT2D eigenvalue weighted by molar-refractivity contribution is 7.13. The first-order chi connectivity index (χ1) is 12.7. The highest BCUT2D eigenvalue weighted by Crippen LogP contribution is 2.24. The Morgan fingerprint density at radius 3 is 2.88 bits per heavy atom. The molecule has 4 heterocycles. The molecule has 7 heteroatoms. The summed E-state index contributed by atoms with van der Waals surface area (Å²) in [5.41, 5.74) is 1.22. The molecule has 1 unspecified atom stereocenters. The molecule has 0 aromatic carbocycles. The van der Waals surface area contributed by atoms with Crippen LogP contribution in [0.3, 0.4) is 0 Å². The Morgan fingerprint density at radius 1 is 1.19 bits per heavy atom. The molecule has 1 amide bonds. The highest BCUT2D eigenvalue weighted by atomic mass is 32.1. The van der Waals surface area contributed by atoms with Crippen molar-refractivity contribution in [3.05, 3.63) is 70.1 Å². The van der Waals surface area contributed by atoms with Crippen LogP contribution in [-0.2, 0) is 0 Å². The van der Waals surface area contributed by atoms with E-state index in [1.807, 2.05) is 17.5 Å². The van der Waals surface area contributed by atoms with E-state index in [9.17, 15) is 9.59 Å². The summed E-state index contributed by atoms with van der Waals surface area (Å²) < 4.78 is 1.54. The number of pyridine rings is 1. The van der Waals surface area contributed by atoms with Crippen molar-refractivity contribution >= 4 is 17.2 Å². The molecule has 0 aliphatic carbocycles. The Balaban J connectivity index is 1.59. The van der Waals surface area contributed by atoms with Gasteiger partial charge in [0.25, 0.3) is 11.5 Å². The van der Waals surface area contributed by atoms with Crippen LogP contribution in [0.4, 0.5) is 0 Å². The van der Waals surface area contributed by atoms with Crippen molar-refractivity contribution in [3.63, 3.8) is 0 Å². The fourth-order valence-corrected chi connectivity index (χ4v) is 3.94. The lowest BCUT2D eigenvalue weighted by molar-refractivity contribution is 0.0669. The zero-order valence-electron chi connectivity index (χ0n) is 14.1. The van der Waals surface area contributed by atoms with E-state index in [0.29, 0.717) is 18.7 Å². The molecule has 0 bridgehead atoms. The lowest BCUT2D eigenvalue weighted by atomic mass is 10.0. The van der Waals surface area contributed by atoms with Crippen LogP contribution in [0.2, 0.25) is 0 Å². The monoisotopic (exact) mass is 366 g/mol. The van der Waals surface area contributed by atoms with Gasteiger partial charge in [-0.05, 0) is 42.5 Å². The lowest BCUT2D eigenvalue weighted by Gasteiger charge is -2.33. The number of hydrogen-bond acceptors (Lipinski definition) is 5.